The van der Waals surface area contributed by atoms with Gasteiger partial charge in [0, 0.05) is 6.07 Å². The molecule has 84 valence electrons. The van der Waals surface area contributed by atoms with Crippen LogP contribution in [0.25, 0.3) is 0 Å². The van der Waals surface area contributed by atoms with E-state index >= 15 is 0 Å². The van der Waals surface area contributed by atoms with E-state index in [1.165, 1.54) is 0 Å². The Kier molecular flexibility index (Phi) is 3.25. The number of carboxylic acid groups (broad SMARTS) is 1. The maximum absolute atomic E-state index is 11.9. The van der Waals surface area contributed by atoms with Crippen LogP contribution in [0.15, 0.2) is 12.1 Å². The zero-order valence-corrected chi connectivity index (χ0v) is 7.78. The van der Waals surface area contributed by atoms with E-state index in [1.54, 1.807) is 6.07 Å². The lowest BCUT2D eigenvalue weighted by molar-refractivity contribution is -0.0498. The van der Waals surface area contributed by atoms with E-state index in [1.807, 2.05) is 0 Å². The number of ether oxygens (including phenoxy) is 1. The molecule has 0 aliphatic rings. The Morgan fingerprint density at radius 2 is 2.19 bits per heavy atom. The van der Waals surface area contributed by atoms with Crippen molar-refractivity contribution in [3.05, 3.63) is 23.3 Å². The number of alkyl halides is 2. The van der Waals surface area contributed by atoms with Gasteiger partial charge >= 0.3 is 12.6 Å². The van der Waals surface area contributed by atoms with Gasteiger partial charge < -0.3 is 15.6 Å². The summed E-state index contributed by atoms with van der Waals surface area (Å²) in [6.07, 6.45) is 0. The van der Waals surface area contributed by atoms with Crippen LogP contribution < -0.4 is 10.5 Å². The highest BCUT2D eigenvalue weighted by atomic mass is 19.3. The summed E-state index contributed by atoms with van der Waals surface area (Å²) in [5.41, 5.74) is 4.26. The van der Waals surface area contributed by atoms with Crippen LogP contribution in [-0.2, 0) is 0 Å². The highest BCUT2D eigenvalue weighted by Crippen LogP contribution is 2.25. The lowest BCUT2D eigenvalue weighted by Crippen LogP contribution is -2.08. The minimum absolute atomic E-state index is 0.304. The van der Waals surface area contributed by atoms with Crippen molar-refractivity contribution in [3.63, 3.8) is 0 Å². The summed E-state index contributed by atoms with van der Waals surface area (Å²) in [5, 5.41) is 17.4. The van der Waals surface area contributed by atoms with Gasteiger partial charge in [-0.15, -0.1) is 0 Å². The van der Waals surface area contributed by atoms with Crippen LogP contribution in [-0.4, -0.2) is 17.7 Å². The first-order valence-electron chi connectivity index (χ1n) is 3.97. The first-order valence-corrected chi connectivity index (χ1v) is 3.97. The Labute approximate surface area is 88.7 Å². The van der Waals surface area contributed by atoms with E-state index < -0.39 is 18.1 Å². The highest BCUT2D eigenvalue weighted by Gasteiger charge is 2.17. The molecule has 0 atom stereocenters. The van der Waals surface area contributed by atoms with Gasteiger partial charge in [0.05, 0.1) is 11.3 Å². The second-order valence-electron chi connectivity index (χ2n) is 2.73. The zero-order valence-electron chi connectivity index (χ0n) is 7.78. The minimum atomic E-state index is -3.07. The summed E-state index contributed by atoms with van der Waals surface area (Å²) in [6.45, 7) is -3.07. The molecule has 0 aromatic heterocycles. The molecule has 0 spiro atoms. The van der Waals surface area contributed by atoms with E-state index in [4.69, 9.17) is 16.1 Å². The molecule has 0 aliphatic heterocycles. The fraction of sp³-hybridized carbons (Fsp3) is 0.111. The molecule has 3 N–H and O–H groups in total. The van der Waals surface area contributed by atoms with E-state index in [0.29, 0.717) is 0 Å². The second kappa shape index (κ2) is 4.44. The molecular weight excluding hydrogens is 222 g/mol. The third kappa shape index (κ3) is 2.36. The van der Waals surface area contributed by atoms with Crippen molar-refractivity contribution in [2.24, 2.45) is 0 Å². The molecule has 1 aromatic carbocycles. The summed E-state index contributed by atoms with van der Waals surface area (Å²) >= 11 is 0. The molecule has 0 fully saturated rings. The molecule has 0 unspecified atom stereocenters. The van der Waals surface area contributed by atoms with Gasteiger partial charge in [0.15, 0.2) is 0 Å². The van der Waals surface area contributed by atoms with E-state index in [-0.39, 0.29) is 17.0 Å². The Balaban J connectivity index is 3.28. The number of halogens is 2. The monoisotopic (exact) mass is 228 g/mol. The van der Waals surface area contributed by atoms with Gasteiger partial charge in [-0.2, -0.15) is 14.0 Å². The summed E-state index contributed by atoms with van der Waals surface area (Å²) < 4.78 is 27.8. The van der Waals surface area contributed by atoms with Crippen LogP contribution in [0, 0.1) is 11.3 Å². The molecule has 0 bridgehead atoms. The molecule has 0 aliphatic carbocycles. The van der Waals surface area contributed by atoms with Crippen LogP contribution in [0.4, 0.5) is 14.5 Å². The average Bonchev–Trinajstić information content (AvgIpc) is 2.14. The van der Waals surface area contributed by atoms with Gasteiger partial charge in [-0.25, -0.2) is 4.79 Å². The molecule has 1 aromatic rings. The Bertz CT molecular complexity index is 469. The maximum Gasteiger partial charge on any atom is 0.387 e. The quantitative estimate of drug-likeness (QED) is 0.763. The Morgan fingerprint density at radius 3 is 2.62 bits per heavy atom. The summed E-state index contributed by atoms with van der Waals surface area (Å²) in [6, 6.07) is 3.37. The number of aromatic carboxylic acids is 1. The van der Waals surface area contributed by atoms with E-state index in [0.717, 1.165) is 12.1 Å². The van der Waals surface area contributed by atoms with Gasteiger partial charge in [0.25, 0.3) is 0 Å². The third-order valence-corrected chi connectivity index (χ3v) is 1.70. The van der Waals surface area contributed by atoms with Crippen LogP contribution in [0.5, 0.6) is 5.75 Å². The molecule has 0 amide bonds. The second-order valence-corrected chi connectivity index (χ2v) is 2.73. The van der Waals surface area contributed by atoms with Crippen LogP contribution >= 0.6 is 0 Å². The predicted molar refractivity (Wildman–Crippen MR) is 49.2 cm³/mol. The third-order valence-electron chi connectivity index (χ3n) is 1.70. The zero-order chi connectivity index (χ0) is 12.3. The van der Waals surface area contributed by atoms with Gasteiger partial charge in [0.2, 0.25) is 0 Å². The number of nitrogens with zero attached hydrogens (tertiary/aromatic N) is 1. The number of hydrogen-bond donors (Lipinski definition) is 2. The lowest BCUT2D eigenvalue weighted by atomic mass is 10.1. The Hall–Kier alpha value is -2.36. The number of carboxylic acids is 1. The van der Waals surface area contributed by atoms with Gasteiger partial charge in [-0.3, -0.25) is 0 Å². The van der Waals surface area contributed by atoms with Crippen molar-refractivity contribution < 1.29 is 23.4 Å². The first-order chi connectivity index (χ1) is 7.45. The summed E-state index contributed by atoms with van der Waals surface area (Å²) in [4.78, 5) is 10.7. The fourth-order valence-electron chi connectivity index (χ4n) is 1.13. The van der Waals surface area contributed by atoms with E-state index in [2.05, 4.69) is 4.74 Å². The van der Waals surface area contributed by atoms with Gasteiger partial charge in [-0.05, 0) is 6.07 Å². The number of rotatable bonds is 3. The van der Waals surface area contributed by atoms with Gasteiger partial charge in [-0.1, -0.05) is 0 Å². The fourth-order valence-corrected chi connectivity index (χ4v) is 1.13. The van der Waals surface area contributed by atoms with Crippen LogP contribution in [0.3, 0.4) is 0 Å². The van der Waals surface area contributed by atoms with Crippen molar-refractivity contribution in [2.75, 3.05) is 5.73 Å². The normalized spacial score (nSPS) is 9.88. The topological polar surface area (TPSA) is 96.3 Å². The van der Waals surface area contributed by atoms with Crippen molar-refractivity contribution in [1.82, 2.24) is 0 Å². The molecule has 0 radical (unpaired) electrons. The number of nitriles is 1. The largest absolute Gasteiger partial charge is 0.478 e. The lowest BCUT2D eigenvalue weighted by Gasteiger charge is -2.08. The SMILES string of the molecule is N#Cc1cc(OC(F)F)cc(N)c1C(=O)O. The number of nitrogen functional groups attached to an aromatic ring is 1. The molecule has 0 heterocycles. The molecule has 16 heavy (non-hydrogen) atoms. The standard InChI is InChI=1S/C9H6F2N2O3/c10-9(11)16-5-1-4(3-12)7(8(14)15)6(13)2-5/h1-2,9H,13H2,(H,14,15). The number of benzene rings is 1. The molecule has 0 saturated heterocycles. The molecule has 1 rings (SSSR count). The highest BCUT2D eigenvalue weighted by molar-refractivity contribution is 5.96. The average molecular weight is 228 g/mol. The number of nitrogens with two attached hydrogens (primary N) is 1. The van der Waals surface area contributed by atoms with E-state index in [9.17, 15) is 13.6 Å². The maximum atomic E-state index is 11.9. The number of hydrogen-bond acceptors (Lipinski definition) is 4. The van der Waals surface area contributed by atoms with Crippen LogP contribution in [0.2, 0.25) is 0 Å². The molecule has 0 saturated carbocycles. The molecule has 7 heteroatoms. The van der Waals surface area contributed by atoms with Gasteiger partial charge in [0.1, 0.15) is 17.4 Å². The summed E-state index contributed by atoms with van der Waals surface area (Å²) in [7, 11) is 0. The molecule has 5 nitrogen and oxygen atoms in total. The predicted octanol–water partition coefficient (Wildman–Crippen LogP) is 1.44. The van der Waals surface area contributed by atoms with Crippen molar-refractivity contribution in [3.8, 4) is 11.8 Å². The van der Waals surface area contributed by atoms with Crippen molar-refractivity contribution in [1.29, 1.82) is 5.26 Å². The first kappa shape index (κ1) is 11.7. The van der Waals surface area contributed by atoms with Crippen LogP contribution in [0.1, 0.15) is 15.9 Å². The summed E-state index contributed by atoms with van der Waals surface area (Å²) in [5.74, 6) is -1.76. The number of carbonyl (C=O) groups is 1. The van der Waals surface area contributed by atoms with Crippen molar-refractivity contribution in [2.45, 2.75) is 6.61 Å². The molecular formula is C9H6F2N2O3. The Morgan fingerprint density at radius 1 is 1.56 bits per heavy atom. The minimum Gasteiger partial charge on any atom is -0.478 e. The smallest absolute Gasteiger partial charge is 0.387 e. The van der Waals surface area contributed by atoms with Crippen molar-refractivity contribution >= 4 is 11.7 Å². The number of anilines is 1.